The number of carboxylic acids is 1. The van der Waals surface area contributed by atoms with Crippen molar-refractivity contribution in [2.24, 2.45) is 5.92 Å². The molecular formula is C12H16N2O4. The lowest BCUT2D eigenvalue weighted by Gasteiger charge is -2.11. The second kappa shape index (κ2) is 6.58. The summed E-state index contributed by atoms with van der Waals surface area (Å²) in [5, 5.41) is 11.1. The van der Waals surface area contributed by atoms with Crippen LogP contribution in [0.5, 0.6) is 0 Å². The highest BCUT2D eigenvalue weighted by Crippen LogP contribution is 2.04. The molecule has 1 amide bonds. The van der Waals surface area contributed by atoms with Gasteiger partial charge >= 0.3 is 5.97 Å². The van der Waals surface area contributed by atoms with Crippen LogP contribution in [0.1, 0.15) is 30.1 Å². The summed E-state index contributed by atoms with van der Waals surface area (Å²) in [6.07, 6.45) is 3.36. The number of H-pyrrole nitrogens is 1. The predicted octanol–water partition coefficient (Wildman–Crippen LogP) is 0.606. The summed E-state index contributed by atoms with van der Waals surface area (Å²) in [5.74, 6) is -1.25. The molecule has 0 aliphatic heterocycles. The molecule has 1 atom stereocenters. The van der Waals surface area contributed by atoms with Gasteiger partial charge in [0.1, 0.15) is 5.56 Å². The molecule has 1 aromatic rings. The van der Waals surface area contributed by atoms with Gasteiger partial charge in [-0.25, -0.2) is 0 Å². The zero-order valence-corrected chi connectivity index (χ0v) is 10.1. The van der Waals surface area contributed by atoms with Crippen LogP contribution in [0.15, 0.2) is 23.3 Å². The molecule has 0 aromatic carbocycles. The van der Waals surface area contributed by atoms with Crippen LogP contribution in [-0.4, -0.2) is 28.5 Å². The van der Waals surface area contributed by atoms with Gasteiger partial charge in [-0.1, -0.05) is 6.92 Å². The Morgan fingerprint density at radius 3 is 2.83 bits per heavy atom. The Bertz CT molecular complexity index is 481. The first kappa shape index (κ1) is 14.0. The summed E-state index contributed by atoms with van der Waals surface area (Å²) >= 11 is 0. The van der Waals surface area contributed by atoms with Gasteiger partial charge in [0.05, 0.1) is 0 Å². The number of rotatable bonds is 6. The number of aliphatic carboxylic acids is 1. The number of pyridine rings is 1. The van der Waals surface area contributed by atoms with E-state index >= 15 is 0 Å². The highest BCUT2D eigenvalue weighted by molar-refractivity contribution is 5.93. The van der Waals surface area contributed by atoms with E-state index in [1.807, 2.05) is 6.92 Å². The molecule has 0 radical (unpaired) electrons. The van der Waals surface area contributed by atoms with Gasteiger partial charge in [0.15, 0.2) is 5.43 Å². The van der Waals surface area contributed by atoms with Crippen molar-refractivity contribution in [3.05, 3.63) is 34.2 Å². The van der Waals surface area contributed by atoms with Crippen LogP contribution in [0.4, 0.5) is 0 Å². The van der Waals surface area contributed by atoms with E-state index in [-0.39, 0.29) is 23.3 Å². The topological polar surface area (TPSA) is 99.3 Å². The largest absolute Gasteiger partial charge is 0.481 e. The highest BCUT2D eigenvalue weighted by atomic mass is 16.4. The standard InChI is InChI=1S/C12H16N2O4/c1-8(2-3-11(16)17)6-14-12(18)9-7-13-5-4-10(9)15/h4-5,7-8H,2-3,6H2,1H3,(H,13,15)(H,14,18)(H,16,17). The Hall–Kier alpha value is -2.11. The second-order valence-corrected chi connectivity index (χ2v) is 4.17. The molecule has 6 heteroatoms. The first-order valence-corrected chi connectivity index (χ1v) is 5.67. The number of aromatic amines is 1. The summed E-state index contributed by atoms with van der Waals surface area (Å²) < 4.78 is 0. The lowest BCUT2D eigenvalue weighted by Crippen LogP contribution is -2.32. The van der Waals surface area contributed by atoms with E-state index in [0.717, 1.165) is 0 Å². The normalized spacial score (nSPS) is 11.8. The number of carbonyl (C=O) groups is 2. The third kappa shape index (κ3) is 4.40. The molecule has 3 N–H and O–H groups in total. The Balaban J connectivity index is 2.44. The monoisotopic (exact) mass is 252 g/mol. The van der Waals surface area contributed by atoms with Crippen LogP contribution in [0, 0.1) is 5.92 Å². The third-order valence-electron chi connectivity index (χ3n) is 2.53. The molecule has 98 valence electrons. The Labute approximate surface area is 104 Å². The summed E-state index contributed by atoms with van der Waals surface area (Å²) in [4.78, 5) is 36.1. The number of hydrogen-bond acceptors (Lipinski definition) is 3. The van der Waals surface area contributed by atoms with Gasteiger partial charge in [0.25, 0.3) is 5.91 Å². The predicted molar refractivity (Wildman–Crippen MR) is 65.4 cm³/mol. The van der Waals surface area contributed by atoms with Gasteiger partial charge in [0.2, 0.25) is 0 Å². The lowest BCUT2D eigenvalue weighted by molar-refractivity contribution is -0.137. The molecule has 1 unspecified atom stereocenters. The van der Waals surface area contributed by atoms with E-state index in [9.17, 15) is 14.4 Å². The van der Waals surface area contributed by atoms with Gasteiger partial charge in [-0.15, -0.1) is 0 Å². The Morgan fingerprint density at radius 2 is 2.22 bits per heavy atom. The quantitative estimate of drug-likeness (QED) is 0.690. The first-order chi connectivity index (χ1) is 8.50. The minimum atomic E-state index is -0.854. The van der Waals surface area contributed by atoms with Crippen LogP contribution in [0.3, 0.4) is 0 Å². The van der Waals surface area contributed by atoms with E-state index in [2.05, 4.69) is 10.3 Å². The SMILES string of the molecule is CC(CCC(=O)O)CNC(=O)c1c[nH]ccc1=O. The maximum atomic E-state index is 11.7. The van der Waals surface area contributed by atoms with E-state index < -0.39 is 11.9 Å². The van der Waals surface area contributed by atoms with Gasteiger partial charge in [-0.05, 0) is 12.3 Å². The number of carboxylic acid groups (broad SMARTS) is 1. The van der Waals surface area contributed by atoms with Crippen molar-refractivity contribution >= 4 is 11.9 Å². The van der Waals surface area contributed by atoms with Crippen molar-refractivity contribution in [2.45, 2.75) is 19.8 Å². The lowest BCUT2D eigenvalue weighted by atomic mass is 10.1. The van der Waals surface area contributed by atoms with Crippen molar-refractivity contribution in [1.29, 1.82) is 0 Å². The second-order valence-electron chi connectivity index (χ2n) is 4.17. The van der Waals surface area contributed by atoms with Gasteiger partial charge in [0, 0.05) is 31.4 Å². The molecule has 1 aromatic heterocycles. The molecule has 1 heterocycles. The summed E-state index contributed by atoms with van der Waals surface area (Å²) in [6, 6.07) is 1.28. The molecule has 0 saturated carbocycles. The molecule has 0 spiro atoms. The van der Waals surface area contributed by atoms with Crippen LogP contribution in [0.2, 0.25) is 0 Å². The molecule has 0 aliphatic carbocycles. The van der Waals surface area contributed by atoms with Crippen molar-refractivity contribution in [3.63, 3.8) is 0 Å². The molecule has 6 nitrogen and oxygen atoms in total. The molecule has 18 heavy (non-hydrogen) atoms. The molecule has 0 aliphatic rings. The summed E-state index contributed by atoms with van der Waals surface area (Å²) in [7, 11) is 0. The van der Waals surface area contributed by atoms with E-state index in [1.54, 1.807) is 0 Å². The van der Waals surface area contributed by atoms with E-state index in [1.165, 1.54) is 18.5 Å². The van der Waals surface area contributed by atoms with Gasteiger partial charge in [-0.3, -0.25) is 14.4 Å². The van der Waals surface area contributed by atoms with E-state index in [4.69, 9.17) is 5.11 Å². The van der Waals surface area contributed by atoms with Crippen LogP contribution >= 0.6 is 0 Å². The fourth-order valence-electron chi connectivity index (χ4n) is 1.43. The van der Waals surface area contributed by atoms with Crippen LogP contribution < -0.4 is 10.7 Å². The zero-order valence-electron chi connectivity index (χ0n) is 10.1. The number of hydrogen-bond donors (Lipinski definition) is 3. The molecule has 0 bridgehead atoms. The zero-order chi connectivity index (χ0) is 13.5. The van der Waals surface area contributed by atoms with Crippen LogP contribution in [0.25, 0.3) is 0 Å². The highest BCUT2D eigenvalue weighted by Gasteiger charge is 2.11. The fourth-order valence-corrected chi connectivity index (χ4v) is 1.43. The maximum absolute atomic E-state index is 11.7. The van der Waals surface area contributed by atoms with Crippen LogP contribution in [-0.2, 0) is 4.79 Å². The first-order valence-electron chi connectivity index (χ1n) is 5.67. The van der Waals surface area contributed by atoms with Crippen molar-refractivity contribution in [2.75, 3.05) is 6.54 Å². The average molecular weight is 252 g/mol. The number of aromatic nitrogens is 1. The maximum Gasteiger partial charge on any atom is 0.303 e. The Morgan fingerprint density at radius 1 is 1.50 bits per heavy atom. The average Bonchev–Trinajstić information content (AvgIpc) is 2.34. The minimum absolute atomic E-state index is 0.0489. The number of nitrogens with one attached hydrogen (secondary N) is 2. The van der Waals surface area contributed by atoms with Crippen molar-refractivity contribution < 1.29 is 14.7 Å². The van der Waals surface area contributed by atoms with Crippen molar-refractivity contribution in [1.82, 2.24) is 10.3 Å². The molecule has 0 saturated heterocycles. The number of carbonyl (C=O) groups excluding carboxylic acids is 1. The fraction of sp³-hybridized carbons (Fsp3) is 0.417. The molecule has 0 fully saturated rings. The van der Waals surface area contributed by atoms with Crippen molar-refractivity contribution in [3.8, 4) is 0 Å². The van der Waals surface area contributed by atoms with Gasteiger partial charge in [-0.2, -0.15) is 0 Å². The Kier molecular flexibility index (Phi) is 5.10. The smallest absolute Gasteiger partial charge is 0.303 e. The van der Waals surface area contributed by atoms with Gasteiger partial charge < -0.3 is 15.4 Å². The van der Waals surface area contributed by atoms with E-state index in [0.29, 0.717) is 13.0 Å². The third-order valence-corrected chi connectivity index (χ3v) is 2.53. The molecule has 1 rings (SSSR count). The summed E-state index contributed by atoms with van der Waals surface area (Å²) in [6.45, 7) is 2.19. The summed E-state index contributed by atoms with van der Waals surface area (Å²) in [5.41, 5.74) is -0.285. The number of amides is 1. The molecular weight excluding hydrogens is 236 g/mol. The minimum Gasteiger partial charge on any atom is -0.481 e.